The molecule has 2 rings (SSSR count). The molecule has 0 unspecified atom stereocenters. The van der Waals surface area contributed by atoms with Crippen LogP contribution in [-0.4, -0.2) is 25.1 Å². The molecule has 5 nitrogen and oxygen atoms in total. The molecule has 0 heterocycles. The van der Waals surface area contributed by atoms with Crippen molar-refractivity contribution in [3.8, 4) is 5.75 Å². The number of rotatable bonds is 6. The predicted octanol–water partition coefficient (Wildman–Crippen LogP) is 3.15. The maximum Gasteiger partial charge on any atom is 0.344 e. The molecule has 0 radical (unpaired) electrons. The van der Waals surface area contributed by atoms with Crippen molar-refractivity contribution in [2.45, 2.75) is 39.0 Å². The van der Waals surface area contributed by atoms with E-state index >= 15 is 0 Å². The van der Waals surface area contributed by atoms with Gasteiger partial charge >= 0.3 is 5.97 Å². The third kappa shape index (κ3) is 5.06. The van der Waals surface area contributed by atoms with Crippen LogP contribution in [0.15, 0.2) is 24.3 Å². The minimum atomic E-state index is -0.392. The van der Waals surface area contributed by atoms with Gasteiger partial charge in [-0.1, -0.05) is 19.3 Å². The number of nitrogens with one attached hydrogen (secondary N) is 1. The SMILES string of the molecule is CCOC(=O)COc1ccc(NC(=O)C2CCCCC2)cc1. The maximum absolute atomic E-state index is 12.1. The molecule has 1 saturated carbocycles. The van der Waals surface area contributed by atoms with Crippen LogP contribution in [0.5, 0.6) is 5.75 Å². The Hall–Kier alpha value is -2.04. The molecule has 0 aliphatic heterocycles. The molecule has 120 valence electrons. The van der Waals surface area contributed by atoms with Crippen LogP contribution in [0.2, 0.25) is 0 Å². The molecule has 0 bridgehead atoms. The lowest BCUT2D eigenvalue weighted by atomic mass is 9.88. The van der Waals surface area contributed by atoms with Crippen LogP contribution in [-0.2, 0) is 14.3 Å². The molecule has 0 aromatic heterocycles. The van der Waals surface area contributed by atoms with Crippen molar-refractivity contribution in [2.75, 3.05) is 18.5 Å². The predicted molar refractivity (Wildman–Crippen MR) is 83.8 cm³/mol. The first kappa shape index (κ1) is 16.3. The number of amides is 1. The van der Waals surface area contributed by atoms with Crippen molar-refractivity contribution in [3.63, 3.8) is 0 Å². The monoisotopic (exact) mass is 305 g/mol. The molecule has 1 amide bonds. The Morgan fingerprint density at radius 2 is 1.82 bits per heavy atom. The van der Waals surface area contributed by atoms with E-state index in [2.05, 4.69) is 5.32 Å². The van der Waals surface area contributed by atoms with Gasteiger partial charge in [0.2, 0.25) is 5.91 Å². The molecule has 0 spiro atoms. The first-order chi connectivity index (χ1) is 10.7. The zero-order valence-corrected chi connectivity index (χ0v) is 13.0. The zero-order chi connectivity index (χ0) is 15.8. The third-order valence-corrected chi connectivity index (χ3v) is 3.76. The van der Waals surface area contributed by atoms with Crippen LogP contribution >= 0.6 is 0 Å². The second kappa shape index (κ2) is 8.41. The van der Waals surface area contributed by atoms with E-state index in [1.165, 1.54) is 6.42 Å². The summed E-state index contributed by atoms with van der Waals surface area (Å²) < 4.78 is 10.1. The summed E-state index contributed by atoms with van der Waals surface area (Å²) in [5.41, 5.74) is 0.749. The number of carbonyl (C=O) groups is 2. The molecule has 22 heavy (non-hydrogen) atoms. The summed E-state index contributed by atoms with van der Waals surface area (Å²) in [4.78, 5) is 23.3. The Morgan fingerprint density at radius 3 is 2.45 bits per heavy atom. The van der Waals surface area contributed by atoms with Gasteiger partial charge in [0.05, 0.1) is 6.61 Å². The van der Waals surface area contributed by atoms with Gasteiger partial charge in [-0.25, -0.2) is 4.79 Å². The molecule has 1 aliphatic carbocycles. The van der Waals surface area contributed by atoms with Crippen LogP contribution in [0, 0.1) is 5.92 Å². The summed E-state index contributed by atoms with van der Waals surface area (Å²) in [5, 5.41) is 2.94. The van der Waals surface area contributed by atoms with E-state index < -0.39 is 5.97 Å². The summed E-state index contributed by atoms with van der Waals surface area (Å²) >= 11 is 0. The Morgan fingerprint density at radius 1 is 1.14 bits per heavy atom. The average molecular weight is 305 g/mol. The van der Waals surface area contributed by atoms with Gasteiger partial charge in [0.15, 0.2) is 6.61 Å². The van der Waals surface area contributed by atoms with Gasteiger partial charge in [-0.15, -0.1) is 0 Å². The van der Waals surface area contributed by atoms with Crippen molar-refractivity contribution in [1.29, 1.82) is 0 Å². The minimum Gasteiger partial charge on any atom is -0.482 e. The fraction of sp³-hybridized carbons (Fsp3) is 0.529. The summed E-state index contributed by atoms with van der Waals surface area (Å²) in [5.74, 6) is 0.411. The molecule has 0 saturated heterocycles. The van der Waals surface area contributed by atoms with Crippen LogP contribution in [0.1, 0.15) is 39.0 Å². The fourth-order valence-electron chi connectivity index (χ4n) is 2.59. The highest BCUT2D eigenvalue weighted by Crippen LogP contribution is 2.25. The lowest BCUT2D eigenvalue weighted by Crippen LogP contribution is -2.24. The van der Waals surface area contributed by atoms with Crippen LogP contribution in [0.25, 0.3) is 0 Å². The lowest BCUT2D eigenvalue weighted by molar-refractivity contribution is -0.145. The second-order valence-electron chi connectivity index (χ2n) is 5.44. The summed E-state index contributed by atoms with van der Waals surface area (Å²) in [6.45, 7) is 1.98. The highest BCUT2D eigenvalue weighted by molar-refractivity contribution is 5.92. The molecule has 1 N–H and O–H groups in total. The Balaban J connectivity index is 1.81. The van der Waals surface area contributed by atoms with Crippen LogP contribution < -0.4 is 10.1 Å². The van der Waals surface area contributed by atoms with Crippen LogP contribution in [0.4, 0.5) is 5.69 Å². The van der Waals surface area contributed by atoms with Crippen molar-refractivity contribution in [3.05, 3.63) is 24.3 Å². The lowest BCUT2D eigenvalue weighted by Gasteiger charge is -2.20. The van der Waals surface area contributed by atoms with E-state index in [0.29, 0.717) is 12.4 Å². The fourth-order valence-corrected chi connectivity index (χ4v) is 2.59. The highest BCUT2D eigenvalue weighted by atomic mass is 16.6. The quantitative estimate of drug-likeness (QED) is 0.820. The van der Waals surface area contributed by atoms with E-state index in [9.17, 15) is 9.59 Å². The smallest absolute Gasteiger partial charge is 0.344 e. The van der Waals surface area contributed by atoms with Gasteiger partial charge < -0.3 is 14.8 Å². The summed E-state index contributed by atoms with van der Waals surface area (Å²) in [6, 6.07) is 7.02. The van der Waals surface area contributed by atoms with E-state index in [-0.39, 0.29) is 18.4 Å². The normalized spacial score (nSPS) is 15.1. The van der Waals surface area contributed by atoms with Gasteiger partial charge in [-0.05, 0) is 44.0 Å². The Kier molecular flexibility index (Phi) is 6.25. The molecule has 1 fully saturated rings. The summed E-state index contributed by atoms with van der Waals surface area (Å²) in [7, 11) is 0. The molecular formula is C17H23NO4. The first-order valence-electron chi connectivity index (χ1n) is 7.88. The minimum absolute atomic E-state index is 0.0971. The molecule has 1 aliphatic rings. The van der Waals surface area contributed by atoms with Crippen LogP contribution in [0.3, 0.4) is 0 Å². The van der Waals surface area contributed by atoms with E-state index in [1.54, 1.807) is 31.2 Å². The van der Waals surface area contributed by atoms with Crippen molar-refractivity contribution in [1.82, 2.24) is 0 Å². The third-order valence-electron chi connectivity index (χ3n) is 3.76. The van der Waals surface area contributed by atoms with Gasteiger partial charge in [-0.3, -0.25) is 4.79 Å². The number of hydrogen-bond donors (Lipinski definition) is 1. The average Bonchev–Trinajstić information content (AvgIpc) is 2.55. The highest BCUT2D eigenvalue weighted by Gasteiger charge is 2.20. The van der Waals surface area contributed by atoms with Gasteiger partial charge in [-0.2, -0.15) is 0 Å². The zero-order valence-electron chi connectivity index (χ0n) is 13.0. The molecule has 5 heteroatoms. The van der Waals surface area contributed by atoms with Gasteiger partial charge in [0.1, 0.15) is 5.75 Å². The topological polar surface area (TPSA) is 64.6 Å². The number of ether oxygens (including phenoxy) is 2. The first-order valence-corrected chi connectivity index (χ1v) is 7.88. The number of carbonyl (C=O) groups excluding carboxylic acids is 2. The van der Waals surface area contributed by atoms with E-state index in [4.69, 9.17) is 9.47 Å². The van der Waals surface area contributed by atoms with Gasteiger partial charge in [0, 0.05) is 11.6 Å². The standard InChI is InChI=1S/C17H23NO4/c1-2-21-16(19)12-22-15-10-8-14(9-11-15)18-17(20)13-6-4-3-5-7-13/h8-11,13H,2-7,12H2,1H3,(H,18,20). The molecule has 0 atom stereocenters. The van der Waals surface area contributed by atoms with E-state index in [1.807, 2.05) is 0 Å². The van der Waals surface area contributed by atoms with Gasteiger partial charge in [0.25, 0.3) is 0 Å². The van der Waals surface area contributed by atoms with Crippen molar-refractivity contribution in [2.24, 2.45) is 5.92 Å². The van der Waals surface area contributed by atoms with Crippen molar-refractivity contribution >= 4 is 17.6 Å². The number of hydrogen-bond acceptors (Lipinski definition) is 4. The maximum atomic E-state index is 12.1. The molecule has 1 aromatic rings. The largest absolute Gasteiger partial charge is 0.482 e. The Bertz CT molecular complexity index is 492. The van der Waals surface area contributed by atoms with Crippen molar-refractivity contribution < 1.29 is 19.1 Å². The number of benzene rings is 1. The van der Waals surface area contributed by atoms with E-state index in [0.717, 1.165) is 31.4 Å². The second-order valence-corrected chi connectivity index (χ2v) is 5.44. The summed E-state index contributed by atoms with van der Waals surface area (Å²) in [6.07, 6.45) is 5.47. The number of esters is 1. The Labute approximate surface area is 131 Å². The molecular weight excluding hydrogens is 282 g/mol. The number of anilines is 1. The molecule has 1 aromatic carbocycles.